The van der Waals surface area contributed by atoms with E-state index in [0.29, 0.717) is 0 Å². The highest BCUT2D eigenvalue weighted by Crippen LogP contribution is 2.39. The van der Waals surface area contributed by atoms with Crippen molar-refractivity contribution in [2.45, 2.75) is 0 Å². The van der Waals surface area contributed by atoms with E-state index < -0.39 is 0 Å². The normalized spacial score (nSPS) is 11.1. The van der Waals surface area contributed by atoms with Gasteiger partial charge in [-0.2, -0.15) is 10.2 Å². The number of hydrogen-bond acceptors (Lipinski definition) is 3. The maximum Gasteiger partial charge on any atom is 0.0934 e. The predicted octanol–water partition coefficient (Wildman–Crippen LogP) is 8.79. The van der Waals surface area contributed by atoms with E-state index in [9.17, 15) is 0 Å². The molecule has 0 radical (unpaired) electrons. The Bertz CT molecular complexity index is 1700. The molecule has 0 fully saturated rings. The smallest absolute Gasteiger partial charge is 0.0934 e. The van der Waals surface area contributed by atoms with E-state index >= 15 is 0 Å². The van der Waals surface area contributed by atoms with Crippen molar-refractivity contribution in [1.29, 1.82) is 0 Å². The molecule has 7 rings (SSSR count). The fourth-order valence-electron chi connectivity index (χ4n) is 4.76. The lowest BCUT2D eigenvalue weighted by molar-refractivity contribution is 0.893. The van der Waals surface area contributed by atoms with Crippen molar-refractivity contribution in [2.75, 3.05) is 0 Å². The molecule has 0 bridgehead atoms. The van der Waals surface area contributed by atoms with E-state index in [0.717, 1.165) is 55.0 Å². The quantitative estimate of drug-likeness (QED) is 0.220. The minimum atomic E-state index is 0.949. The summed E-state index contributed by atoms with van der Waals surface area (Å²) in [6, 6.07) is 50.0. The monoisotopic (exact) mass is 520 g/mol. The molecule has 4 aromatic carbocycles. The average Bonchev–Trinajstić information content (AvgIpc) is 3.77. The van der Waals surface area contributed by atoms with Crippen LogP contribution in [0.1, 0.15) is 0 Å². The lowest BCUT2D eigenvalue weighted by Gasteiger charge is -2.06. The van der Waals surface area contributed by atoms with Gasteiger partial charge in [0.25, 0.3) is 0 Å². The third kappa shape index (κ3) is 4.49. The van der Waals surface area contributed by atoms with Crippen LogP contribution in [-0.2, 0) is 0 Å². The molecule has 3 heterocycles. The van der Waals surface area contributed by atoms with E-state index in [1.165, 1.54) is 0 Å². The number of aromatic nitrogens is 4. The molecule has 4 nitrogen and oxygen atoms in total. The molecule has 0 unspecified atom stereocenters. The third-order valence-electron chi connectivity index (χ3n) is 6.67. The first kappa shape index (κ1) is 23.1. The SMILES string of the molecule is c1ccc(-c2cc(-c3ccc(-c4cc(-c5ccccc5)nn4-c4ccccc4)s3)n(-c3ccccc3)n2)cc1. The number of para-hydroxylation sites is 2. The molecule has 0 saturated heterocycles. The maximum atomic E-state index is 5.02. The lowest BCUT2D eigenvalue weighted by Crippen LogP contribution is -1.98. The topological polar surface area (TPSA) is 35.6 Å². The molecule has 186 valence electrons. The van der Waals surface area contributed by atoms with Crippen molar-refractivity contribution in [2.24, 2.45) is 0 Å². The van der Waals surface area contributed by atoms with Crippen molar-refractivity contribution in [1.82, 2.24) is 19.6 Å². The van der Waals surface area contributed by atoms with Crippen LogP contribution in [0.2, 0.25) is 0 Å². The van der Waals surface area contributed by atoms with Crippen LogP contribution < -0.4 is 0 Å². The summed E-state index contributed by atoms with van der Waals surface area (Å²) in [7, 11) is 0. The van der Waals surface area contributed by atoms with Gasteiger partial charge >= 0.3 is 0 Å². The van der Waals surface area contributed by atoms with Gasteiger partial charge in [0.15, 0.2) is 0 Å². The standard InChI is InChI=1S/C34H24N4S/c1-5-13-25(14-6-1)29-23-31(37(35-29)27-17-9-3-10-18-27)33-21-22-34(39-33)32-24-30(26-15-7-2-8-16-26)36-38(32)28-19-11-4-12-20-28/h1-24H. The van der Waals surface area contributed by atoms with Crippen LogP contribution in [-0.4, -0.2) is 19.6 Å². The van der Waals surface area contributed by atoms with Gasteiger partial charge in [-0.25, -0.2) is 9.36 Å². The number of nitrogens with zero attached hydrogens (tertiary/aromatic N) is 4. The molecular weight excluding hydrogens is 496 g/mol. The van der Waals surface area contributed by atoms with Crippen LogP contribution in [0.25, 0.3) is 55.0 Å². The zero-order chi connectivity index (χ0) is 26.0. The van der Waals surface area contributed by atoms with E-state index in [1.54, 1.807) is 11.3 Å². The summed E-state index contributed by atoms with van der Waals surface area (Å²) < 4.78 is 4.09. The first-order valence-electron chi connectivity index (χ1n) is 12.9. The van der Waals surface area contributed by atoms with Gasteiger partial charge in [-0.15, -0.1) is 11.3 Å². The van der Waals surface area contributed by atoms with Crippen molar-refractivity contribution >= 4 is 11.3 Å². The Morgan fingerprint density at radius 2 is 0.769 bits per heavy atom. The molecule has 0 N–H and O–H groups in total. The number of thiophene rings is 1. The van der Waals surface area contributed by atoms with Gasteiger partial charge in [0.05, 0.1) is 43.9 Å². The summed E-state index contributed by atoms with van der Waals surface area (Å²) in [5.41, 5.74) is 8.28. The first-order chi connectivity index (χ1) is 19.3. The molecule has 0 atom stereocenters. The number of hydrogen-bond donors (Lipinski definition) is 0. The van der Waals surface area contributed by atoms with Crippen LogP contribution in [0.5, 0.6) is 0 Å². The molecule has 0 aliphatic rings. The predicted molar refractivity (Wildman–Crippen MR) is 160 cm³/mol. The van der Waals surface area contributed by atoms with Crippen LogP contribution in [0.4, 0.5) is 0 Å². The Morgan fingerprint density at radius 1 is 0.410 bits per heavy atom. The minimum absolute atomic E-state index is 0.949. The molecule has 39 heavy (non-hydrogen) atoms. The third-order valence-corrected chi connectivity index (χ3v) is 7.80. The highest BCUT2D eigenvalue weighted by Gasteiger charge is 2.18. The second-order valence-corrected chi connectivity index (χ2v) is 10.3. The largest absolute Gasteiger partial charge is 0.232 e. The molecule has 0 aliphatic carbocycles. The first-order valence-corrected chi connectivity index (χ1v) is 13.7. The van der Waals surface area contributed by atoms with Gasteiger partial charge in [0, 0.05) is 11.1 Å². The zero-order valence-electron chi connectivity index (χ0n) is 21.1. The van der Waals surface area contributed by atoms with E-state index in [1.807, 2.05) is 57.9 Å². The van der Waals surface area contributed by atoms with Gasteiger partial charge in [0.2, 0.25) is 0 Å². The van der Waals surface area contributed by atoms with Gasteiger partial charge in [-0.05, 0) is 48.5 Å². The number of rotatable bonds is 6. The van der Waals surface area contributed by atoms with Crippen molar-refractivity contribution in [3.05, 3.63) is 146 Å². The summed E-state index contributed by atoms with van der Waals surface area (Å²) in [5.74, 6) is 0. The summed E-state index contributed by atoms with van der Waals surface area (Å²) in [6.45, 7) is 0. The molecule has 0 amide bonds. The maximum absolute atomic E-state index is 5.02. The fourth-order valence-corrected chi connectivity index (χ4v) is 5.77. The lowest BCUT2D eigenvalue weighted by atomic mass is 10.1. The zero-order valence-corrected chi connectivity index (χ0v) is 21.9. The van der Waals surface area contributed by atoms with E-state index in [4.69, 9.17) is 10.2 Å². The second-order valence-electron chi connectivity index (χ2n) is 9.22. The Hall–Kier alpha value is -5.00. The Kier molecular flexibility index (Phi) is 5.96. The Morgan fingerprint density at radius 3 is 1.15 bits per heavy atom. The molecule has 5 heteroatoms. The number of benzene rings is 4. The minimum Gasteiger partial charge on any atom is -0.232 e. The molecule has 0 aliphatic heterocycles. The molecule has 7 aromatic rings. The second kappa shape index (κ2) is 10.0. The Labute approximate surface area is 231 Å². The summed E-state index contributed by atoms with van der Waals surface area (Å²) >= 11 is 1.75. The van der Waals surface area contributed by atoms with Crippen LogP contribution >= 0.6 is 11.3 Å². The molecule has 3 aromatic heterocycles. The average molecular weight is 521 g/mol. The summed E-state index contributed by atoms with van der Waals surface area (Å²) in [4.78, 5) is 2.29. The van der Waals surface area contributed by atoms with Gasteiger partial charge in [-0.3, -0.25) is 0 Å². The van der Waals surface area contributed by atoms with Crippen molar-refractivity contribution in [3.63, 3.8) is 0 Å². The molecule has 0 spiro atoms. The van der Waals surface area contributed by atoms with Gasteiger partial charge in [0.1, 0.15) is 0 Å². The van der Waals surface area contributed by atoms with Gasteiger partial charge in [-0.1, -0.05) is 97.1 Å². The van der Waals surface area contributed by atoms with Crippen LogP contribution in [0, 0.1) is 0 Å². The summed E-state index contributed by atoms with van der Waals surface area (Å²) in [6.07, 6.45) is 0. The Balaban J connectivity index is 1.36. The van der Waals surface area contributed by atoms with E-state index in [-0.39, 0.29) is 0 Å². The fraction of sp³-hybridized carbons (Fsp3) is 0. The van der Waals surface area contributed by atoms with Crippen molar-refractivity contribution in [3.8, 4) is 55.0 Å². The van der Waals surface area contributed by atoms with Crippen molar-refractivity contribution < 1.29 is 0 Å². The van der Waals surface area contributed by atoms with Gasteiger partial charge < -0.3 is 0 Å². The highest BCUT2D eigenvalue weighted by atomic mass is 32.1. The molecular formula is C34H24N4S. The molecule has 0 saturated carbocycles. The van der Waals surface area contributed by atoms with E-state index in [2.05, 4.69) is 97.1 Å². The van der Waals surface area contributed by atoms with Crippen LogP contribution in [0.15, 0.2) is 146 Å². The van der Waals surface area contributed by atoms with Crippen LogP contribution in [0.3, 0.4) is 0 Å². The summed E-state index contributed by atoms with van der Waals surface area (Å²) in [5, 5.41) is 10.0. The highest BCUT2D eigenvalue weighted by molar-refractivity contribution is 7.18.